The molecule has 3 rings (SSSR count). The van der Waals surface area contributed by atoms with Gasteiger partial charge in [-0.05, 0) is 37.1 Å². The summed E-state index contributed by atoms with van der Waals surface area (Å²) in [7, 11) is 0. The van der Waals surface area contributed by atoms with Crippen molar-refractivity contribution in [3.63, 3.8) is 0 Å². The van der Waals surface area contributed by atoms with Crippen LogP contribution in [0.3, 0.4) is 0 Å². The van der Waals surface area contributed by atoms with Crippen LogP contribution in [0.5, 0.6) is 0 Å². The largest absolute Gasteiger partial charge is 0.348 e. The third-order valence-corrected chi connectivity index (χ3v) is 5.84. The number of rotatable bonds is 6. The number of hydrogen-bond donors (Lipinski definition) is 1. The quantitative estimate of drug-likeness (QED) is 0.723. The first-order valence-corrected chi connectivity index (χ1v) is 10.8. The van der Waals surface area contributed by atoms with E-state index in [9.17, 15) is 9.59 Å². The van der Waals surface area contributed by atoms with Gasteiger partial charge in [-0.25, -0.2) is 0 Å². The number of aryl methyl sites for hydroxylation is 1. The molecule has 1 aliphatic rings. The first kappa shape index (κ1) is 21.5. The van der Waals surface area contributed by atoms with Gasteiger partial charge in [0.2, 0.25) is 11.8 Å². The molecule has 6 heteroatoms. The zero-order valence-corrected chi connectivity index (χ0v) is 18.6. The zero-order chi connectivity index (χ0) is 20.8. The molecule has 1 saturated heterocycles. The van der Waals surface area contributed by atoms with Gasteiger partial charge in [-0.3, -0.25) is 14.5 Å². The average Bonchev–Trinajstić information content (AvgIpc) is 2.70. The number of benzene rings is 2. The van der Waals surface area contributed by atoms with Crippen LogP contribution in [0.4, 0.5) is 0 Å². The van der Waals surface area contributed by atoms with E-state index < -0.39 is 0 Å². The monoisotopic (exact) mass is 457 g/mol. The van der Waals surface area contributed by atoms with Gasteiger partial charge >= 0.3 is 0 Å². The van der Waals surface area contributed by atoms with E-state index in [-0.39, 0.29) is 17.9 Å². The van der Waals surface area contributed by atoms with Crippen LogP contribution in [0.1, 0.15) is 29.7 Å². The maximum atomic E-state index is 12.5. The van der Waals surface area contributed by atoms with Crippen LogP contribution in [0.2, 0.25) is 0 Å². The Hall–Kier alpha value is -2.18. The van der Waals surface area contributed by atoms with Crippen LogP contribution >= 0.6 is 15.9 Å². The molecule has 2 aromatic rings. The standard InChI is InChI=1S/C23H28BrN3O2/c1-17-3-5-19(6-4-17)15-23(29)27-13-11-26(12-14-27)16-22(28)25-18(2)20-7-9-21(24)10-8-20/h3-10,18H,11-16H2,1-2H3,(H,25,28). The summed E-state index contributed by atoms with van der Waals surface area (Å²) in [5, 5.41) is 3.06. The zero-order valence-electron chi connectivity index (χ0n) is 17.0. The fraction of sp³-hybridized carbons (Fsp3) is 0.391. The van der Waals surface area contributed by atoms with Gasteiger partial charge in [0, 0.05) is 30.7 Å². The van der Waals surface area contributed by atoms with Crippen molar-refractivity contribution in [2.75, 3.05) is 32.7 Å². The third kappa shape index (κ3) is 6.41. The molecule has 2 amide bonds. The summed E-state index contributed by atoms with van der Waals surface area (Å²) in [4.78, 5) is 28.9. The lowest BCUT2D eigenvalue weighted by atomic mass is 10.1. The second-order valence-electron chi connectivity index (χ2n) is 7.66. The molecule has 0 aliphatic carbocycles. The minimum atomic E-state index is -0.0343. The number of amides is 2. The summed E-state index contributed by atoms with van der Waals surface area (Å²) in [5.74, 6) is 0.168. The Morgan fingerprint density at radius 2 is 1.62 bits per heavy atom. The van der Waals surface area contributed by atoms with E-state index >= 15 is 0 Å². The van der Waals surface area contributed by atoms with E-state index in [1.54, 1.807) is 0 Å². The number of carbonyl (C=O) groups is 2. The van der Waals surface area contributed by atoms with E-state index in [0.717, 1.165) is 28.7 Å². The van der Waals surface area contributed by atoms with Crippen molar-refractivity contribution in [3.05, 3.63) is 69.7 Å². The van der Waals surface area contributed by atoms with Crippen LogP contribution < -0.4 is 5.32 Å². The number of piperazine rings is 1. The molecule has 1 aliphatic heterocycles. The molecule has 1 fully saturated rings. The van der Waals surface area contributed by atoms with Crippen LogP contribution in [-0.2, 0) is 16.0 Å². The van der Waals surface area contributed by atoms with Crippen molar-refractivity contribution in [2.24, 2.45) is 0 Å². The van der Waals surface area contributed by atoms with Crippen LogP contribution in [0.25, 0.3) is 0 Å². The average molecular weight is 458 g/mol. The van der Waals surface area contributed by atoms with Crippen molar-refractivity contribution in [1.82, 2.24) is 15.1 Å². The Morgan fingerprint density at radius 3 is 2.24 bits per heavy atom. The Labute approximate surface area is 181 Å². The summed E-state index contributed by atoms with van der Waals surface area (Å²) in [6, 6.07) is 16.0. The lowest BCUT2D eigenvalue weighted by Gasteiger charge is -2.34. The molecule has 1 N–H and O–H groups in total. The number of halogens is 1. The van der Waals surface area contributed by atoms with E-state index in [0.29, 0.717) is 26.1 Å². The minimum absolute atomic E-state index is 0.0138. The summed E-state index contributed by atoms with van der Waals surface area (Å²) >= 11 is 3.43. The van der Waals surface area contributed by atoms with E-state index in [1.165, 1.54) is 5.56 Å². The molecule has 1 atom stereocenters. The maximum Gasteiger partial charge on any atom is 0.234 e. The van der Waals surface area contributed by atoms with E-state index in [1.807, 2.05) is 67.3 Å². The summed E-state index contributed by atoms with van der Waals surface area (Å²) in [5.41, 5.74) is 3.32. The smallest absolute Gasteiger partial charge is 0.234 e. The Kier molecular flexibility index (Phi) is 7.45. The molecule has 0 radical (unpaired) electrons. The molecule has 1 heterocycles. The number of hydrogen-bond acceptors (Lipinski definition) is 3. The van der Waals surface area contributed by atoms with Gasteiger partial charge in [0.25, 0.3) is 0 Å². The van der Waals surface area contributed by atoms with Crippen molar-refractivity contribution in [3.8, 4) is 0 Å². The normalized spacial score (nSPS) is 15.8. The van der Waals surface area contributed by atoms with Crippen LogP contribution in [0, 0.1) is 6.92 Å². The second kappa shape index (κ2) is 10.0. The number of nitrogens with one attached hydrogen (secondary N) is 1. The lowest BCUT2D eigenvalue weighted by Crippen LogP contribution is -2.51. The van der Waals surface area contributed by atoms with Gasteiger partial charge in [-0.2, -0.15) is 0 Å². The van der Waals surface area contributed by atoms with Crippen LogP contribution in [-0.4, -0.2) is 54.3 Å². The summed E-state index contributed by atoms with van der Waals surface area (Å²) in [6.07, 6.45) is 0.436. The molecule has 0 bridgehead atoms. The van der Waals surface area contributed by atoms with Gasteiger partial charge < -0.3 is 10.2 Å². The summed E-state index contributed by atoms with van der Waals surface area (Å²) < 4.78 is 1.02. The van der Waals surface area contributed by atoms with Gasteiger partial charge in [0.1, 0.15) is 0 Å². The SMILES string of the molecule is Cc1ccc(CC(=O)N2CCN(CC(=O)NC(C)c3ccc(Br)cc3)CC2)cc1. The van der Waals surface area contributed by atoms with Gasteiger partial charge in [-0.15, -0.1) is 0 Å². The molecule has 0 saturated carbocycles. The van der Waals surface area contributed by atoms with Gasteiger partial charge in [0.05, 0.1) is 19.0 Å². The third-order valence-electron chi connectivity index (χ3n) is 5.32. The molecule has 154 valence electrons. The highest BCUT2D eigenvalue weighted by Crippen LogP contribution is 2.16. The molecule has 1 unspecified atom stereocenters. The predicted octanol–water partition coefficient (Wildman–Crippen LogP) is 3.32. The van der Waals surface area contributed by atoms with Crippen molar-refractivity contribution in [1.29, 1.82) is 0 Å². The Bertz CT molecular complexity index is 828. The second-order valence-corrected chi connectivity index (χ2v) is 8.58. The lowest BCUT2D eigenvalue weighted by molar-refractivity contribution is -0.132. The first-order chi connectivity index (χ1) is 13.9. The highest BCUT2D eigenvalue weighted by atomic mass is 79.9. The topological polar surface area (TPSA) is 52.7 Å². The maximum absolute atomic E-state index is 12.5. The van der Waals surface area contributed by atoms with Gasteiger partial charge in [-0.1, -0.05) is 57.9 Å². The van der Waals surface area contributed by atoms with E-state index in [2.05, 4.69) is 26.1 Å². The molecule has 29 heavy (non-hydrogen) atoms. The Morgan fingerprint density at radius 1 is 1.00 bits per heavy atom. The van der Waals surface area contributed by atoms with E-state index in [4.69, 9.17) is 0 Å². The predicted molar refractivity (Wildman–Crippen MR) is 119 cm³/mol. The van der Waals surface area contributed by atoms with Crippen molar-refractivity contribution >= 4 is 27.7 Å². The fourth-order valence-corrected chi connectivity index (χ4v) is 3.74. The molecular weight excluding hydrogens is 430 g/mol. The van der Waals surface area contributed by atoms with Crippen LogP contribution in [0.15, 0.2) is 53.0 Å². The van der Waals surface area contributed by atoms with Gasteiger partial charge in [0.15, 0.2) is 0 Å². The fourth-order valence-electron chi connectivity index (χ4n) is 3.47. The van der Waals surface area contributed by atoms with Crippen molar-refractivity contribution < 1.29 is 9.59 Å². The Balaban J connectivity index is 1.41. The first-order valence-electron chi connectivity index (χ1n) is 10.0. The highest BCUT2D eigenvalue weighted by Gasteiger charge is 2.23. The highest BCUT2D eigenvalue weighted by molar-refractivity contribution is 9.10. The van der Waals surface area contributed by atoms with Crippen molar-refractivity contribution in [2.45, 2.75) is 26.3 Å². The molecule has 2 aromatic carbocycles. The molecular formula is C23H28BrN3O2. The molecule has 0 aromatic heterocycles. The summed E-state index contributed by atoms with van der Waals surface area (Å²) in [6.45, 7) is 7.17. The molecule has 5 nitrogen and oxygen atoms in total. The number of carbonyl (C=O) groups excluding carboxylic acids is 2. The number of nitrogens with zero attached hydrogens (tertiary/aromatic N) is 2. The molecule has 0 spiro atoms. The minimum Gasteiger partial charge on any atom is -0.348 e.